The highest BCUT2D eigenvalue weighted by molar-refractivity contribution is 7.15. The lowest BCUT2D eigenvalue weighted by atomic mass is 10.1. The minimum Gasteiger partial charge on any atom is -0.363 e. The van der Waals surface area contributed by atoms with Crippen LogP contribution in [0.15, 0.2) is 18.2 Å². The van der Waals surface area contributed by atoms with Gasteiger partial charge in [0, 0.05) is 23.4 Å². The van der Waals surface area contributed by atoms with Crippen molar-refractivity contribution in [1.82, 2.24) is 25.2 Å². The number of nitrogens with one attached hydrogen (secondary N) is 3. The van der Waals surface area contributed by atoms with Gasteiger partial charge in [0.1, 0.15) is 5.52 Å². The topological polar surface area (TPSA) is 146 Å². The number of aromatic amines is 1. The van der Waals surface area contributed by atoms with E-state index >= 15 is 0 Å². The summed E-state index contributed by atoms with van der Waals surface area (Å²) in [6.45, 7) is 6.82. The zero-order valence-corrected chi connectivity index (χ0v) is 18.2. The van der Waals surface area contributed by atoms with Crippen LogP contribution in [-0.4, -0.2) is 49.8 Å². The normalized spacial score (nSPS) is 13.7. The Kier molecular flexibility index (Phi) is 5.13. The Bertz CT molecular complexity index is 1190. The van der Waals surface area contributed by atoms with E-state index in [1.54, 1.807) is 23.1 Å². The number of aromatic nitrogens is 3. The predicted molar refractivity (Wildman–Crippen MR) is 117 cm³/mol. The molecule has 0 saturated carbocycles. The number of benzene rings is 1. The Labute approximate surface area is 182 Å². The molecule has 5 N–H and O–H groups in total. The number of nitrogens with zero attached hydrogens (tertiary/aromatic N) is 3. The Morgan fingerprint density at radius 3 is 2.71 bits per heavy atom. The first kappa shape index (κ1) is 20.8. The molecular formula is C20H23N7O3S. The molecule has 1 aliphatic heterocycles. The van der Waals surface area contributed by atoms with Crippen LogP contribution >= 0.6 is 11.3 Å². The highest BCUT2D eigenvalue weighted by atomic mass is 32.1. The molecule has 0 unspecified atom stereocenters. The fraction of sp³-hybridized carbons (Fsp3) is 0.350. The molecule has 4 amide bonds. The Morgan fingerprint density at radius 2 is 2.00 bits per heavy atom. The molecule has 3 aromatic rings. The van der Waals surface area contributed by atoms with Crippen LogP contribution in [0.1, 0.15) is 52.3 Å². The molecule has 0 saturated heterocycles. The summed E-state index contributed by atoms with van der Waals surface area (Å²) in [7, 11) is 0. The zero-order chi connectivity index (χ0) is 22.3. The molecular weight excluding hydrogens is 418 g/mol. The molecule has 0 radical (unpaired) electrons. The monoisotopic (exact) mass is 441 g/mol. The SMILES string of the molecule is CC(C)(C)NC(=O)N1CCc2nc(NC(=O)c3cccc4[nH]c(C(N)=O)nc34)sc2C1. The van der Waals surface area contributed by atoms with Crippen molar-refractivity contribution in [3.8, 4) is 0 Å². The number of urea groups is 1. The number of primary amides is 1. The number of hydrogen-bond acceptors (Lipinski definition) is 6. The van der Waals surface area contributed by atoms with Gasteiger partial charge in [0.15, 0.2) is 11.0 Å². The van der Waals surface area contributed by atoms with E-state index in [1.165, 1.54) is 11.3 Å². The maximum absolute atomic E-state index is 12.9. The Morgan fingerprint density at radius 1 is 1.23 bits per heavy atom. The second kappa shape index (κ2) is 7.65. The van der Waals surface area contributed by atoms with Crippen molar-refractivity contribution in [3.63, 3.8) is 0 Å². The fourth-order valence-corrected chi connectivity index (χ4v) is 4.34. The van der Waals surface area contributed by atoms with Gasteiger partial charge in [-0.3, -0.25) is 14.9 Å². The van der Waals surface area contributed by atoms with Gasteiger partial charge in [-0.25, -0.2) is 14.8 Å². The molecule has 162 valence electrons. The minimum atomic E-state index is -0.699. The smallest absolute Gasteiger partial charge is 0.318 e. The zero-order valence-electron chi connectivity index (χ0n) is 17.4. The number of anilines is 1. The molecule has 31 heavy (non-hydrogen) atoms. The molecule has 3 heterocycles. The van der Waals surface area contributed by atoms with Crippen LogP contribution in [0.2, 0.25) is 0 Å². The Hall–Kier alpha value is -3.47. The van der Waals surface area contributed by atoms with E-state index in [9.17, 15) is 14.4 Å². The largest absolute Gasteiger partial charge is 0.363 e. The van der Waals surface area contributed by atoms with E-state index in [4.69, 9.17) is 5.73 Å². The van der Waals surface area contributed by atoms with E-state index in [1.807, 2.05) is 20.8 Å². The third-order valence-corrected chi connectivity index (χ3v) is 5.71. The maximum Gasteiger partial charge on any atom is 0.318 e. The number of fused-ring (bicyclic) bond motifs is 2. The molecule has 2 aromatic heterocycles. The summed E-state index contributed by atoms with van der Waals surface area (Å²) in [6.07, 6.45) is 0.621. The second-order valence-electron chi connectivity index (χ2n) is 8.35. The molecule has 11 heteroatoms. The first-order valence-electron chi connectivity index (χ1n) is 9.76. The predicted octanol–water partition coefficient (Wildman–Crippen LogP) is 2.24. The summed E-state index contributed by atoms with van der Waals surface area (Å²) < 4.78 is 0. The van der Waals surface area contributed by atoms with Crippen LogP contribution in [0, 0.1) is 0 Å². The highest BCUT2D eigenvalue weighted by Gasteiger charge is 2.27. The summed E-state index contributed by atoms with van der Waals surface area (Å²) in [5, 5.41) is 6.23. The number of amides is 4. The van der Waals surface area contributed by atoms with E-state index < -0.39 is 5.91 Å². The van der Waals surface area contributed by atoms with Crippen molar-refractivity contribution >= 4 is 45.3 Å². The number of carbonyl (C=O) groups excluding carboxylic acids is 3. The highest BCUT2D eigenvalue weighted by Crippen LogP contribution is 2.29. The van der Waals surface area contributed by atoms with Crippen LogP contribution in [-0.2, 0) is 13.0 Å². The van der Waals surface area contributed by atoms with Crippen LogP contribution in [0.5, 0.6) is 0 Å². The van der Waals surface area contributed by atoms with Gasteiger partial charge in [-0.05, 0) is 32.9 Å². The molecule has 10 nitrogen and oxygen atoms in total. The third-order valence-electron chi connectivity index (χ3n) is 4.71. The lowest BCUT2D eigenvalue weighted by Crippen LogP contribution is -2.49. The summed E-state index contributed by atoms with van der Waals surface area (Å²) in [6, 6.07) is 4.91. The lowest BCUT2D eigenvalue weighted by Gasteiger charge is -2.30. The summed E-state index contributed by atoms with van der Waals surface area (Å²) in [5.41, 5.74) is 7.05. The van der Waals surface area contributed by atoms with Crippen molar-refractivity contribution < 1.29 is 14.4 Å². The second-order valence-corrected chi connectivity index (χ2v) is 9.43. The van der Waals surface area contributed by atoms with Gasteiger partial charge in [-0.2, -0.15) is 0 Å². The first-order chi connectivity index (χ1) is 14.6. The van der Waals surface area contributed by atoms with Crippen molar-refractivity contribution in [1.29, 1.82) is 0 Å². The average molecular weight is 442 g/mol. The quantitative estimate of drug-likeness (QED) is 0.492. The number of H-pyrrole nitrogens is 1. The summed E-state index contributed by atoms with van der Waals surface area (Å²) in [5.74, 6) is -1.09. The summed E-state index contributed by atoms with van der Waals surface area (Å²) >= 11 is 1.35. The number of hydrogen-bond donors (Lipinski definition) is 4. The van der Waals surface area contributed by atoms with Crippen molar-refractivity contribution in [2.45, 2.75) is 39.3 Å². The standard InChI is InChI=1S/C20H23N7O3S/c1-20(2,3)26-19(30)27-8-7-11-13(9-27)31-18(23-11)25-17(29)10-5-4-6-12-14(10)24-16(22-12)15(21)28/h4-6H,7-9H2,1-3H3,(H2,21,28)(H,22,24)(H,26,30)(H,23,25,29). The van der Waals surface area contributed by atoms with Gasteiger partial charge in [-0.15, -0.1) is 0 Å². The van der Waals surface area contributed by atoms with E-state index in [2.05, 4.69) is 25.6 Å². The van der Waals surface area contributed by atoms with Crippen LogP contribution in [0.4, 0.5) is 9.93 Å². The van der Waals surface area contributed by atoms with Crippen molar-refractivity contribution in [2.75, 3.05) is 11.9 Å². The minimum absolute atomic E-state index is 0.00594. The van der Waals surface area contributed by atoms with Gasteiger partial charge in [-0.1, -0.05) is 17.4 Å². The van der Waals surface area contributed by atoms with Crippen molar-refractivity contribution in [2.24, 2.45) is 5.73 Å². The molecule has 1 aromatic carbocycles. The number of imidazole rings is 1. The van der Waals surface area contributed by atoms with Gasteiger partial charge in [0.05, 0.1) is 23.3 Å². The molecule has 0 atom stereocenters. The van der Waals surface area contributed by atoms with Crippen LogP contribution < -0.4 is 16.4 Å². The third kappa shape index (κ3) is 4.36. The first-order valence-corrected chi connectivity index (χ1v) is 10.6. The summed E-state index contributed by atoms with van der Waals surface area (Å²) in [4.78, 5) is 50.9. The van der Waals surface area contributed by atoms with Crippen molar-refractivity contribution in [3.05, 3.63) is 40.2 Å². The maximum atomic E-state index is 12.9. The molecule has 0 fully saturated rings. The molecule has 0 bridgehead atoms. The molecule has 0 aliphatic carbocycles. The molecule has 4 rings (SSSR count). The van der Waals surface area contributed by atoms with Gasteiger partial charge < -0.3 is 20.9 Å². The number of carbonyl (C=O) groups is 3. The van der Waals surface area contributed by atoms with Crippen LogP contribution in [0.3, 0.4) is 0 Å². The van der Waals surface area contributed by atoms with E-state index in [0.29, 0.717) is 41.2 Å². The van der Waals surface area contributed by atoms with Crippen LogP contribution in [0.25, 0.3) is 11.0 Å². The van der Waals surface area contributed by atoms with E-state index in [-0.39, 0.29) is 23.3 Å². The van der Waals surface area contributed by atoms with Gasteiger partial charge in [0.2, 0.25) is 0 Å². The lowest BCUT2D eigenvalue weighted by molar-refractivity contribution is 0.0989. The van der Waals surface area contributed by atoms with E-state index in [0.717, 1.165) is 10.6 Å². The molecule has 0 spiro atoms. The Balaban J connectivity index is 1.51. The number of para-hydroxylation sites is 1. The fourth-order valence-electron chi connectivity index (χ4n) is 3.32. The van der Waals surface area contributed by atoms with Gasteiger partial charge in [0.25, 0.3) is 11.8 Å². The van der Waals surface area contributed by atoms with Gasteiger partial charge >= 0.3 is 6.03 Å². The number of nitrogens with two attached hydrogens (primary N) is 1. The average Bonchev–Trinajstić information content (AvgIpc) is 3.29. The molecule has 1 aliphatic rings. The number of rotatable bonds is 3. The number of thiazole rings is 1.